The lowest BCUT2D eigenvalue weighted by Crippen LogP contribution is -2.26. The third-order valence-electron chi connectivity index (χ3n) is 5.25. The number of thioether (sulfide) groups is 2. The Morgan fingerprint density at radius 3 is 2.56 bits per heavy atom. The van der Waals surface area contributed by atoms with Crippen LogP contribution in [0.4, 0.5) is 0 Å². The van der Waals surface area contributed by atoms with Crippen LogP contribution < -0.4 is 0 Å². The van der Waals surface area contributed by atoms with Gasteiger partial charge in [-0.25, -0.2) is 4.98 Å². The largest absolute Gasteiger partial charge is 0.458 e. The Balaban J connectivity index is 1.83. The van der Waals surface area contributed by atoms with Gasteiger partial charge < -0.3 is 9.47 Å². The Morgan fingerprint density at radius 1 is 1.14 bits per heavy atom. The normalized spacial score (nSPS) is 11.6. The number of nitriles is 1. The van der Waals surface area contributed by atoms with Crippen LogP contribution >= 0.6 is 39.5 Å². The zero-order valence-corrected chi connectivity index (χ0v) is 23.6. The number of pyridine rings is 1. The minimum atomic E-state index is -0.348. The van der Waals surface area contributed by atoms with E-state index in [1.54, 1.807) is 18.9 Å². The molecule has 2 aromatic carbocycles. The van der Waals surface area contributed by atoms with Gasteiger partial charge in [-0.05, 0) is 35.9 Å². The molecular formula is C28H29BrN2O3S2. The molecule has 3 rings (SSSR count). The summed E-state index contributed by atoms with van der Waals surface area (Å²) in [6.07, 6.45) is 1.97. The van der Waals surface area contributed by atoms with Gasteiger partial charge in [-0.1, -0.05) is 83.5 Å². The number of rotatable bonds is 13. The van der Waals surface area contributed by atoms with Gasteiger partial charge in [0, 0.05) is 28.5 Å². The molecule has 0 saturated heterocycles. The van der Waals surface area contributed by atoms with E-state index in [9.17, 15) is 10.1 Å². The molecule has 0 N–H and O–H groups in total. The third kappa shape index (κ3) is 8.38. The second kappa shape index (κ2) is 15.1. The van der Waals surface area contributed by atoms with Crippen LogP contribution in [0, 0.1) is 11.3 Å². The van der Waals surface area contributed by atoms with Crippen LogP contribution in [0.25, 0.3) is 22.4 Å². The third-order valence-corrected chi connectivity index (χ3v) is 7.91. The van der Waals surface area contributed by atoms with E-state index in [0.717, 1.165) is 45.5 Å². The average Bonchev–Trinajstić information content (AvgIpc) is 2.90. The number of halogens is 1. The molecule has 0 bridgehead atoms. The molecule has 0 aliphatic carbocycles. The van der Waals surface area contributed by atoms with Crippen molar-refractivity contribution in [2.45, 2.75) is 30.9 Å². The number of unbranched alkanes of at least 4 members (excludes halogenated alkanes) is 1. The number of nitrogens with zero attached hydrogens (tertiary/aromatic N) is 2. The van der Waals surface area contributed by atoms with Gasteiger partial charge in [-0.3, -0.25) is 4.79 Å². The minimum absolute atomic E-state index is 0.0551. The SMILES string of the molecule is CCCCSCC(COC)OC(=O)CSc1nc(-c2ccc(Br)cc2)cc(-c2ccccc2)c1C#N. The second-order valence-electron chi connectivity index (χ2n) is 8.00. The number of carbonyl (C=O) groups is 1. The Kier molecular flexibility index (Phi) is 11.8. The summed E-state index contributed by atoms with van der Waals surface area (Å²) in [5.74, 6) is 1.44. The van der Waals surface area contributed by atoms with Crippen LogP contribution in [-0.4, -0.2) is 48.0 Å². The first-order valence-corrected chi connectivity index (χ1v) is 14.6. The van der Waals surface area contributed by atoms with Crippen molar-refractivity contribution >= 4 is 45.4 Å². The molecule has 0 spiro atoms. The van der Waals surface area contributed by atoms with Gasteiger partial charge in [-0.2, -0.15) is 17.0 Å². The minimum Gasteiger partial charge on any atom is -0.458 e. The summed E-state index contributed by atoms with van der Waals surface area (Å²) >= 11 is 6.47. The summed E-state index contributed by atoms with van der Waals surface area (Å²) in [6.45, 7) is 2.51. The number of esters is 1. The van der Waals surface area contributed by atoms with E-state index in [4.69, 9.17) is 14.5 Å². The van der Waals surface area contributed by atoms with E-state index in [-0.39, 0.29) is 17.8 Å². The number of ether oxygens (including phenoxy) is 2. The number of benzene rings is 2. The van der Waals surface area contributed by atoms with E-state index in [1.165, 1.54) is 11.8 Å². The first-order chi connectivity index (χ1) is 17.5. The predicted molar refractivity (Wildman–Crippen MR) is 152 cm³/mol. The second-order valence-corrected chi connectivity index (χ2v) is 11.0. The number of aromatic nitrogens is 1. The summed E-state index contributed by atoms with van der Waals surface area (Å²) in [5.41, 5.74) is 3.81. The Hall–Kier alpha value is -2.31. The maximum absolute atomic E-state index is 12.7. The van der Waals surface area contributed by atoms with Crippen LogP contribution in [0.5, 0.6) is 0 Å². The summed E-state index contributed by atoms with van der Waals surface area (Å²) < 4.78 is 11.9. The summed E-state index contributed by atoms with van der Waals surface area (Å²) in [4.78, 5) is 17.5. The fourth-order valence-corrected chi connectivity index (χ4v) is 5.59. The Morgan fingerprint density at radius 2 is 1.89 bits per heavy atom. The van der Waals surface area contributed by atoms with E-state index in [0.29, 0.717) is 22.9 Å². The van der Waals surface area contributed by atoms with Gasteiger partial charge in [0.25, 0.3) is 0 Å². The molecule has 3 aromatic rings. The van der Waals surface area contributed by atoms with Gasteiger partial charge in [0.1, 0.15) is 17.2 Å². The maximum Gasteiger partial charge on any atom is 0.316 e. The van der Waals surface area contributed by atoms with Crippen molar-refractivity contribution in [2.75, 3.05) is 31.0 Å². The zero-order valence-electron chi connectivity index (χ0n) is 20.4. The molecule has 0 saturated carbocycles. The molecule has 0 amide bonds. The van der Waals surface area contributed by atoms with Crippen LogP contribution in [0.2, 0.25) is 0 Å². The van der Waals surface area contributed by atoms with Gasteiger partial charge in [0.15, 0.2) is 0 Å². The van der Waals surface area contributed by atoms with Crippen LogP contribution in [0.15, 0.2) is 70.2 Å². The monoisotopic (exact) mass is 584 g/mol. The maximum atomic E-state index is 12.7. The number of carbonyl (C=O) groups excluding carboxylic acids is 1. The summed E-state index contributed by atoms with van der Waals surface area (Å²) in [7, 11) is 1.61. The highest BCUT2D eigenvalue weighted by Crippen LogP contribution is 2.34. The molecule has 1 heterocycles. The van der Waals surface area contributed by atoms with E-state index >= 15 is 0 Å². The molecule has 0 aliphatic heterocycles. The van der Waals surface area contributed by atoms with Crippen molar-refractivity contribution in [3.05, 3.63) is 70.7 Å². The summed E-state index contributed by atoms with van der Waals surface area (Å²) in [5, 5.41) is 10.5. The predicted octanol–water partition coefficient (Wildman–Crippen LogP) is 7.23. The van der Waals surface area contributed by atoms with Gasteiger partial charge in [-0.15, -0.1) is 0 Å². The van der Waals surface area contributed by atoms with E-state index in [1.807, 2.05) is 60.7 Å². The fraction of sp³-hybridized carbons (Fsp3) is 0.321. The first-order valence-electron chi connectivity index (χ1n) is 11.7. The van der Waals surface area contributed by atoms with Gasteiger partial charge >= 0.3 is 5.97 Å². The number of hydrogen-bond donors (Lipinski definition) is 0. The molecule has 1 aromatic heterocycles. The fourth-order valence-electron chi connectivity index (χ4n) is 3.46. The van der Waals surface area contributed by atoms with Crippen molar-refractivity contribution in [1.29, 1.82) is 5.26 Å². The average molecular weight is 586 g/mol. The highest BCUT2D eigenvalue weighted by Gasteiger charge is 2.19. The lowest BCUT2D eigenvalue weighted by molar-refractivity contribution is -0.146. The van der Waals surface area contributed by atoms with E-state index < -0.39 is 0 Å². The quantitative estimate of drug-likeness (QED) is 0.119. The zero-order chi connectivity index (χ0) is 25.8. The lowest BCUT2D eigenvalue weighted by atomic mass is 9.99. The van der Waals surface area contributed by atoms with Crippen molar-refractivity contribution in [1.82, 2.24) is 4.98 Å². The van der Waals surface area contributed by atoms with Crippen LogP contribution in [0.3, 0.4) is 0 Å². The highest BCUT2D eigenvalue weighted by molar-refractivity contribution is 9.10. The van der Waals surface area contributed by atoms with Crippen LogP contribution in [0.1, 0.15) is 25.3 Å². The molecule has 5 nitrogen and oxygen atoms in total. The molecule has 0 aliphatic rings. The van der Waals surface area contributed by atoms with Gasteiger partial charge in [0.05, 0.1) is 23.6 Å². The van der Waals surface area contributed by atoms with Crippen molar-refractivity contribution in [2.24, 2.45) is 0 Å². The molecule has 1 unspecified atom stereocenters. The number of hydrogen-bond acceptors (Lipinski definition) is 7. The molecule has 8 heteroatoms. The topological polar surface area (TPSA) is 72.2 Å². The van der Waals surface area contributed by atoms with Crippen molar-refractivity contribution < 1.29 is 14.3 Å². The first kappa shape index (κ1) is 28.3. The molecular weight excluding hydrogens is 556 g/mol. The smallest absolute Gasteiger partial charge is 0.316 e. The molecule has 188 valence electrons. The molecule has 1 atom stereocenters. The Labute approximate surface area is 230 Å². The summed E-state index contributed by atoms with van der Waals surface area (Å²) in [6, 6.07) is 21.9. The molecule has 0 radical (unpaired) electrons. The van der Waals surface area contributed by atoms with Crippen LogP contribution in [-0.2, 0) is 14.3 Å². The lowest BCUT2D eigenvalue weighted by Gasteiger charge is -2.17. The molecule has 0 fully saturated rings. The van der Waals surface area contributed by atoms with Gasteiger partial charge in [0.2, 0.25) is 0 Å². The highest BCUT2D eigenvalue weighted by atomic mass is 79.9. The number of methoxy groups -OCH3 is 1. The van der Waals surface area contributed by atoms with E-state index in [2.05, 4.69) is 28.9 Å². The molecule has 36 heavy (non-hydrogen) atoms. The Bertz CT molecular complexity index is 1170. The van der Waals surface area contributed by atoms with Crippen molar-refractivity contribution in [3.63, 3.8) is 0 Å². The van der Waals surface area contributed by atoms with Crippen molar-refractivity contribution in [3.8, 4) is 28.5 Å². The standard InChI is InChI=1S/C28H29BrN2O3S2/c1-3-4-14-35-18-23(17-33-2)34-27(32)19-36-28-25(16-30)24(20-8-6-5-7-9-20)15-26(31-28)21-10-12-22(29)13-11-21/h5-13,15,23H,3-4,14,17-19H2,1-2H3.